The molecule has 2 aliphatic carbocycles. The molecule has 0 aliphatic heterocycles. The monoisotopic (exact) mass is 308 g/mol. The van der Waals surface area contributed by atoms with E-state index in [0.29, 0.717) is 10.6 Å². The van der Waals surface area contributed by atoms with Gasteiger partial charge in [0.2, 0.25) is 5.91 Å². The molecular weight excluding hydrogens is 288 g/mol. The Balaban J connectivity index is 1.88. The number of amides is 1. The first kappa shape index (κ1) is 14.5. The van der Waals surface area contributed by atoms with Crippen molar-refractivity contribution in [3.05, 3.63) is 16.0 Å². The number of nitrogens with one attached hydrogen (secondary N) is 1. The van der Waals surface area contributed by atoms with Crippen molar-refractivity contribution in [1.82, 2.24) is 0 Å². The molecule has 3 N–H and O–H groups in total. The number of anilines is 1. The van der Waals surface area contributed by atoms with E-state index in [-0.39, 0.29) is 17.8 Å². The second-order valence-electron chi connectivity index (χ2n) is 6.06. The van der Waals surface area contributed by atoms with Crippen LogP contribution in [0.3, 0.4) is 0 Å². The van der Waals surface area contributed by atoms with Crippen molar-refractivity contribution in [3.63, 3.8) is 0 Å². The van der Waals surface area contributed by atoms with Gasteiger partial charge in [0, 0.05) is 4.88 Å². The van der Waals surface area contributed by atoms with Crippen LogP contribution in [0, 0.1) is 5.92 Å². The Kier molecular flexibility index (Phi) is 3.53. The molecule has 1 amide bonds. The van der Waals surface area contributed by atoms with E-state index in [2.05, 4.69) is 5.32 Å². The summed E-state index contributed by atoms with van der Waals surface area (Å²) in [4.78, 5) is 25.6. The van der Waals surface area contributed by atoms with Gasteiger partial charge in [0.25, 0.3) is 0 Å². The van der Waals surface area contributed by atoms with Gasteiger partial charge in [0.05, 0.1) is 18.2 Å². The Bertz CT molecular complexity index is 602. The molecule has 0 spiro atoms. The lowest BCUT2D eigenvalue weighted by atomic mass is 9.96. The van der Waals surface area contributed by atoms with E-state index < -0.39 is 5.54 Å². The number of carbonyl (C=O) groups excluding carboxylic acids is 2. The first-order chi connectivity index (χ1) is 9.95. The number of esters is 1. The van der Waals surface area contributed by atoms with Gasteiger partial charge in [-0.2, -0.15) is 0 Å². The lowest BCUT2D eigenvalue weighted by molar-refractivity contribution is -0.121. The van der Waals surface area contributed by atoms with Crippen molar-refractivity contribution in [2.75, 3.05) is 12.4 Å². The topological polar surface area (TPSA) is 81.4 Å². The largest absolute Gasteiger partial charge is 0.465 e. The van der Waals surface area contributed by atoms with E-state index in [1.165, 1.54) is 23.3 Å². The summed E-state index contributed by atoms with van der Waals surface area (Å²) in [5.74, 6) is -0.351. The van der Waals surface area contributed by atoms with Gasteiger partial charge in [0.15, 0.2) is 0 Å². The Morgan fingerprint density at radius 2 is 2.10 bits per heavy atom. The van der Waals surface area contributed by atoms with E-state index in [0.717, 1.165) is 37.7 Å². The Labute approximate surface area is 127 Å². The average molecular weight is 308 g/mol. The minimum absolute atomic E-state index is 0.213. The maximum Gasteiger partial charge on any atom is 0.341 e. The summed E-state index contributed by atoms with van der Waals surface area (Å²) >= 11 is 1.48. The van der Waals surface area contributed by atoms with Crippen LogP contribution >= 0.6 is 11.3 Å². The van der Waals surface area contributed by atoms with Crippen LogP contribution in [0.1, 0.15) is 47.0 Å². The molecular formula is C15H20N2O3S. The first-order valence-corrected chi connectivity index (χ1v) is 8.10. The molecule has 0 aromatic carbocycles. The number of fused-ring (bicyclic) bond motifs is 1. The smallest absolute Gasteiger partial charge is 0.341 e. The second kappa shape index (κ2) is 5.10. The van der Waals surface area contributed by atoms with E-state index in [9.17, 15) is 9.59 Å². The molecule has 6 heteroatoms. The lowest BCUT2D eigenvalue weighted by Crippen LogP contribution is -2.50. The van der Waals surface area contributed by atoms with Gasteiger partial charge in [-0.3, -0.25) is 4.79 Å². The van der Waals surface area contributed by atoms with Crippen LogP contribution in [0.4, 0.5) is 5.00 Å². The third kappa shape index (κ3) is 2.46. The fourth-order valence-electron chi connectivity index (χ4n) is 2.92. The van der Waals surface area contributed by atoms with Crippen LogP contribution < -0.4 is 11.1 Å². The number of carbonyl (C=O) groups is 2. The minimum Gasteiger partial charge on any atom is -0.465 e. The number of hydrogen-bond donors (Lipinski definition) is 2. The molecule has 114 valence electrons. The van der Waals surface area contributed by atoms with Crippen LogP contribution in [0.15, 0.2) is 0 Å². The molecule has 1 saturated carbocycles. The molecule has 0 saturated heterocycles. The molecule has 21 heavy (non-hydrogen) atoms. The quantitative estimate of drug-likeness (QED) is 0.835. The van der Waals surface area contributed by atoms with E-state index in [4.69, 9.17) is 10.5 Å². The number of rotatable bonds is 4. The molecule has 1 heterocycles. The van der Waals surface area contributed by atoms with E-state index in [1.807, 2.05) is 0 Å². The second-order valence-corrected chi connectivity index (χ2v) is 7.17. The highest BCUT2D eigenvalue weighted by Gasteiger charge is 2.44. The standard InChI is InChI=1S/C15H20N2O3S/c1-15(16,8-6-7-8)14(19)17-12-11(13(18)20-2)9-4-3-5-10(9)21-12/h8H,3-7,16H2,1-2H3,(H,17,19). The minimum atomic E-state index is -0.873. The van der Waals surface area contributed by atoms with E-state index in [1.54, 1.807) is 6.92 Å². The van der Waals surface area contributed by atoms with Crippen molar-refractivity contribution in [3.8, 4) is 0 Å². The first-order valence-electron chi connectivity index (χ1n) is 7.28. The number of thiophene rings is 1. The van der Waals surface area contributed by atoms with Crippen LogP contribution in [-0.4, -0.2) is 24.5 Å². The summed E-state index contributed by atoms with van der Waals surface area (Å²) in [6.07, 6.45) is 4.86. The van der Waals surface area contributed by atoms with Gasteiger partial charge in [0.1, 0.15) is 5.00 Å². The molecule has 3 rings (SSSR count). The van der Waals surface area contributed by atoms with Crippen LogP contribution in [0.2, 0.25) is 0 Å². The van der Waals surface area contributed by atoms with Crippen molar-refractivity contribution < 1.29 is 14.3 Å². The summed E-state index contributed by atoms with van der Waals surface area (Å²) in [6.45, 7) is 1.76. The van der Waals surface area contributed by atoms with Gasteiger partial charge < -0.3 is 15.8 Å². The SMILES string of the molecule is COC(=O)c1c(NC(=O)C(C)(N)C2CC2)sc2c1CCC2. The maximum atomic E-state index is 12.4. The maximum absolute atomic E-state index is 12.4. The molecule has 0 bridgehead atoms. The van der Waals surface area contributed by atoms with Crippen LogP contribution in [0.25, 0.3) is 0 Å². The van der Waals surface area contributed by atoms with Crippen molar-refractivity contribution in [2.24, 2.45) is 11.7 Å². The predicted octanol–water partition coefficient (Wildman–Crippen LogP) is 2.09. The Hall–Kier alpha value is -1.40. The average Bonchev–Trinajstić information content (AvgIpc) is 3.13. The van der Waals surface area contributed by atoms with Gasteiger partial charge in [-0.25, -0.2) is 4.79 Å². The number of methoxy groups -OCH3 is 1. The van der Waals surface area contributed by atoms with Crippen molar-refractivity contribution in [2.45, 2.75) is 44.6 Å². The highest BCUT2D eigenvalue weighted by molar-refractivity contribution is 7.17. The number of aryl methyl sites for hydroxylation is 1. The van der Waals surface area contributed by atoms with Gasteiger partial charge >= 0.3 is 5.97 Å². The highest BCUT2D eigenvalue weighted by atomic mass is 32.1. The van der Waals surface area contributed by atoms with Gasteiger partial charge in [-0.05, 0) is 50.5 Å². The molecule has 1 atom stereocenters. The Morgan fingerprint density at radius 3 is 2.71 bits per heavy atom. The number of hydrogen-bond acceptors (Lipinski definition) is 5. The molecule has 1 fully saturated rings. The summed E-state index contributed by atoms with van der Waals surface area (Å²) in [6, 6.07) is 0. The van der Waals surface area contributed by atoms with Gasteiger partial charge in [-0.1, -0.05) is 0 Å². The van der Waals surface area contributed by atoms with Crippen molar-refractivity contribution >= 4 is 28.2 Å². The lowest BCUT2D eigenvalue weighted by Gasteiger charge is -2.23. The molecule has 1 unspecified atom stereocenters. The van der Waals surface area contributed by atoms with E-state index >= 15 is 0 Å². The number of nitrogens with two attached hydrogens (primary N) is 1. The summed E-state index contributed by atoms with van der Waals surface area (Å²) in [5, 5.41) is 3.46. The third-order valence-corrected chi connectivity index (χ3v) is 5.66. The zero-order valence-corrected chi connectivity index (χ0v) is 13.1. The fourth-order valence-corrected chi connectivity index (χ4v) is 4.19. The summed E-state index contributed by atoms with van der Waals surface area (Å²) in [5.41, 5.74) is 6.82. The zero-order valence-electron chi connectivity index (χ0n) is 12.3. The highest BCUT2D eigenvalue weighted by Crippen LogP contribution is 2.42. The number of ether oxygens (including phenoxy) is 1. The zero-order chi connectivity index (χ0) is 15.2. The molecule has 0 radical (unpaired) electrons. The summed E-state index contributed by atoms with van der Waals surface area (Å²) < 4.78 is 4.87. The molecule has 1 aromatic rings. The predicted molar refractivity (Wildman–Crippen MR) is 81.6 cm³/mol. The summed E-state index contributed by atoms with van der Waals surface area (Å²) in [7, 11) is 1.37. The van der Waals surface area contributed by atoms with Gasteiger partial charge in [-0.15, -0.1) is 11.3 Å². The normalized spacial score (nSPS) is 19.8. The molecule has 1 aromatic heterocycles. The third-order valence-electron chi connectivity index (χ3n) is 4.45. The van der Waals surface area contributed by atoms with Crippen LogP contribution in [-0.2, 0) is 22.4 Å². The van der Waals surface area contributed by atoms with Crippen LogP contribution in [0.5, 0.6) is 0 Å². The fraction of sp³-hybridized carbons (Fsp3) is 0.600. The Morgan fingerprint density at radius 1 is 1.38 bits per heavy atom. The molecule has 5 nitrogen and oxygen atoms in total. The molecule has 2 aliphatic rings. The van der Waals surface area contributed by atoms with Crippen molar-refractivity contribution in [1.29, 1.82) is 0 Å².